The third kappa shape index (κ3) is 3.60. The highest BCUT2D eigenvalue weighted by atomic mass is 16.6. The molecule has 1 fully saturated rings. The van der Waals surface area contributed by atoms with Crippen LogP contribution in [0.4, 0.5) is 0 Å². The van der Waals surface area contributed by atoms with Crippen LogP contribution in [0.5, 0.6) is 0 Å². The summed E-state index contributed by atoms with van der Waals surface area (Å²) in [6, 6.07) is 0. The van der Waals surface area contributed by atoms with Crippen molar-refractivity contribution in [2.24, 2.45) is 5.92 Å². The van der Waals surface area contributed by atoms with E-state index >= 15 is 0 Å². The fourth-order valence-electron chi connectivity index (χ4n) is 2.14. The first-order valence-electron chi connectivity index (χ1n) is 6.39. The number of esters is 2. The summed E-state index contributed by atoms with van der Waals surface area (Å²) in [5.41, 5.74) is 0.330. The van der Waals surface area contributed by atoms with E-state index in [1.807, 2.05) is 6.08 Å². The second-order valence-electron chi connectivity index (χ2n) is 4.76. The van der Waals surface area contributed by atoms with Gasteiger partial charge in [-0.15, -0.1) is 0 Å². The zero-order valence-electron chi connectivity index (χ0n) is 10.8. The lowest BCUT2D eigenvalue weighted by Gasteiger charge is -2.00. The summed E-state index contributed by atoms with van der Waals surface area (Å²) in [7, 11) is 0. The molecule has 5 heteroatoms. The van der Waals surface area contributed by atoms with Crippen LogP contribution >= 0.6 is 0 Å². The van der Waals surface area contributed by atoms with Crippen molar-refractivity contribution >= 4 is 23.5 Å². The summed E-state index contributed by atoms with van der Waals surface area (Å²) < 4.78 is 4.35. The van der Waals surface area contributed by atoms with Gasteiger partial charge in [0.05, 0.1) is 6.42 Å². The molecular weight excluding hydrogens is 260 g/mol. The number of carbonyl (C=O) groups excluding carboxylic acids is 4. The topological polar surface area (TPSA) is 77.5 Å². The number of allylic oxidation sites excluding steroid dienone is 4. The lowest BCUT2D eigenvalue weighted by atomic mass is 10.0. The van der Waals surface area contributed by atoms with E-state index in [2.05, 4.69) is 4.74 Å². The number of ether oxygens (including phenoxy) is 1. The van der Waals surface area contributed by atoms with E-state index in [0.717, 1.165) is 0 Å². The molecule has 5 nitrogen and oxygen atoms in total. The SMILES string of the molecule is O=C1CC(=O)C(C/C=C/C=C/CC2=CC(=O)OC2=O)C1. The van der Waals surface area contributed by atoms with Gasteiger partial charge in [-0.25, -0.2) is 9.59 Å². The molecule has 1 aliphatic heterocycles. The molecule has 0 bridgehead atoms. The lowest BCUT2D eigenvalue weighted by molar-refractivity contribution is -0.150. The van der Waals surface area contributed by atoms with Gasteiger partial charge in [0.2, 0.25) is 0 Å². The van der Waals surface area contributed by atoms with Crippen molar-refractivity contribution in [2.45, 2.75) is 25.7 Å². The summed E-state index contributed by atoms with van der Waals surface area (Å²) in [6.07, 6.45) is 9.52. The van der Waals surface area contributed by atoms with Gasteiger partial charge in [-0.2, -0.15) is 0 Å². The molecule has 0 radical (unpaired) electrons. The lowest BCUT2D eigenvalue weighted by Crippen LogP contribution is -2.03. The molecule has 0 N–H and O–H groups in total. The third-order valence-electron chi connectivity index (χ3n) is 3.19. The molecule has 1 heterocycles. The highest BCUT2D eigenvalue weighted by Gasteiger charge is 2.29. The number of rotatable bonds is 5. The Hall–Kier alpha value is -2.30. The fraction of sp³-hybridized carbons (Fsp3) is 0.333. The van der Waals surface area contributed by atoms with Crippen LogP contribution in [0, 0.1) is 5.92 Å². The first-order chi connectivity index (χ1) is 9.56. The minimum Gasteiger partial charge on any atom is -0.386 e. The van der Waals surface area contributed by atoms with Gasteiger partial charge in [0.15, 0.2) is 0 Å². The summed E-state index contributed by atoms with van der Waals surface area (Å²) >= 11 is 0. The van der Waals surface area contributed by atoms with Crippen LogP contribution in [0.25, 0.3) is 0 Å². The van der Waals surface area contributed by atoms with E-state index in [0.29, 0.717) is 24.8 Å². The van der Waals surface area contributed by atoms with Crippen molar-refractivity contribution in [1.82, 2.24) is 0 Å². The summed E-state index contributed by atoms with van der Waals surface area (Å²) in [5.74, 6) is -1.38. The maximum absolute atomic E-state index is 11.4. The Labute approximate surface area is 116 Å². The van der Waals surface area contributed by atoms with Crippen LogP contribution in [0.1, 0.15) is 25.7 Å². The summed E-state index contributed by atoms with van der Waals surface area (Å²) in [6.45, 7) is 0. The Bertz CT molecular complexity index is 551. The molecule has 2 aliphatic rings. The van der Waals surface area contributed by atoms with Crippen molar-refractivity contribution < 1.29 is 23.9 Å². The Morgan fingerprint density at radius 3 is 2.50 bits per heavy atom. The van der Waals surface area contributed by atoms with E-state index in [4.69, 9.17) is 0 Å². The summed E-state index contributed by atoms with van der Waals surface area (Å²) in [4.78, 5) is 44.3. The average Bonchev–Trinajstić information content (AvgIpc) is 2.86. The predicted molar refractivity (Wildman–Crippen MR) is 69.4 cm³/mol. The van der Waals surface area contributed by atoms with Crippen LogP contribution in [-0.4, -0.2) is 23.5 Å². The normalized spacial score (nSPS) is 23.2. The average molecular weight is 274 g/mol. The van der Waals surface area contributed by atoms with E-state index in [9.17, 15) is 19.2 Å². The van der Waals surface area contributed by atoms with Gasteiger partial charge >= 0.3 is 11.9 Å². The molecule has 0 saturated heterocycles. The Kier molecular flexibility index (Phi) is 4.40. The van der Waals surface area contributed by atoms with Gasteiger partial charge < -0.3 is 4.74 Å². The highest BCUT2D eigenvalue weighted by molar-refractivity contribution is 6.09. The maximum atomic E-state index is 11.4. The third-order valence-corrected chi connectivity index (χ3v) is 3.19. The molecule has 0 aromatic heterocycles. The van der Waals surface area contributed by atoms with Gasteiger partial charge in [0.1, 0.15) is 11.6 Å². The van der Waals surface area contributed by atoms with Crippen molar-refractivity contribution in [2.75, 3.05) is 0 Å². The van der Waals surface area contributed by atoms with Crippen molar-refractivity contribution in [3.05, 3.63) is 36.0 Å². The van der Waals surface area contributed by atoms with Crippen LogP contribution in [0.15, 0.2) is 36.0 Å². The molecule has 0 aromatic rings. The maximum Gasteiger partial charge on any atom is 0.342 e. The van der Waals surface area contributed by atoms with E-state index < -0.39 is 11.9 Å². The standard InChI is InChI=1S/C15H14O5/c16-12-7-10(13(17)9-12)5-3-1-2-4-6-11-8-14(18)20-15(11)19/h1-4,8,10H,5-7,9H2/b3-1+,4-2+. The van der Waals surface area contributed by atoms with Crippen molar-refractivity contribution in [1.29, 1.82) is 0 Å². The van der Waals surface area contributed by atoms with Crippen LogP contribution in [-0.2, 0) is 23.9 Å². The fourth-order valence-corrected chi connectivity index (χ4v) is 2.14. The highest BCUT2D eigenvalue weighted by Crippen LogP contribution is 2.21. The molecule has 20 heavy (non-hydrogen) atoms. The number of hydrogen-bond donors (Lipinski definition) is 0. The van der Waals surface area contributed by atoms with Crippen LogP contribution in [0.3, 0.4) is 0 Å². The van der Waals surface area contributed by atoms with Gasteiger partial charge in [-0.1, -0.05) is 24.3 Å². The van der Waals surface area contributed by atoms with Crippen LogP contribution in [0.2, 0.25) is 0 Å². The van der Waals surface area contributed by atoms with Gasteiger partial charge in [0.25, 0.3) is 0 Å². The molecule has 2 rings (SSSR count). The molecular formula is C15H14O5. The second-order valence-corrected chi connectivity index (χ2v) is 4.76. The largest absolute Gasteiger partial charge is 0.386 e. The zero-order chi connectivity index (χ0) is 14.5. The first-order valence-corrected chi connectivity index (χ1v) is 6.39. The number of carbonyl (C=O) groups is 4. The van der Waals surface area contributed by atoms with E-state index in [-0.39, 0.29) is 23.9 Å². The van der Waals surface area contributed by atoms with Gasteiger partial charge in [-0.3, -0.25) is 9.59 Å². The number of cyclic esters (lactones) is 2. The van der Waals surface area contributed by atoms with Gasteiger partial charge in [0, 0.05) is 24.0 Å². The zero-order valence-corrected chi connectivity index (χ0v) is 10.8. The van der Waals surface area contributed by atoms with E-state index in [1.165, 1.54) is 6.08 Å². The monoisotopic (exact) mass is 274 g/mol. The Balaban J connectivity index is 1.74. The predicted octanol–water partition coefficient (Wildman–Crippen LogP) is 1.44. The number of Topliss-reactive ketones (excluding diaryl/α,β-unsaturated/α-hetero) is 2. The van der Waals surface area contributed by atoms with Crippen molar-refractivity contribution in [3.8, 4) is 0 Å². The number of hydrogen-bond acceptors (Lipinski definition) is 5. The second kappa shape index (κ2) is 6.23. The molecule has 104 valence electrons. The smallest absolute Gasteiger partial charge is 0.342 e. The Morgan fingerprint density at radius 2 is 1.90 bits per heavy atom. The minimum atomic E-state index is -0.627. The minimum absolute atomic E-state index is 0.0142. The van der Waals surface area contributed by atoms with E-state index in [1.54, 1.807) is 18.2 Å². The molecule has 0 amide bonds. The van der Waals surface area contributed by atoms with Crippen molar-refractivity contribution in [3.63, 3.8) is 0 Å². The molecule has 1 atom stereocenters. The first kappa shape index (κ1) is 14.1. The number of ketones is 2. The molecule has 0 spiro atoms. The molecule has 1 saturated carbocycles. The Morgan fingerprint density at radius 1 is 1.15 bits per heavy atom. The quantitative estimate of drug-likeness (QED) is 0.430. The molecule has 1 aliphatic carbocycles. The molecule has 1 unspecified atom stereocenters. The van der Waals surface area contributed by atoms with Crippen LogP contribution < -0.4 is 0 Å². The summed E-state index contributed by atoms with van der Waals surface area (Å²) in [5, 5.41) is 0. The van der Waals surface area contributed by atoms with Gasteiger partial charge in [-0.05, 0) is 12.8 Å². The molecule has 0 aromatic carbocycles.